The number of rotatable bonds is 6. The number of hydrogen-bond donors (Lipinski definition) is 3. The van der Waals surface area contributed by atoms with Crippen molar-refractivity contribution in [3.8, 4) is 11.5 Å². The maximum atomic E-state index is 12.2. The molecule has 0 atom stereocenters. The fraction of sp³-hybridized carbons (Fsp3) is 0.211. The second kappa shape index (κ2) is 8.01. The highest BCUT2D eigenvalue weighted by Crippen LogP contribution is 2.35. The number of para-hydroxylation sites is 1. The Labute approximate surface area is 156 Å². The number of carbonyl (C=O) groups is 1. The van der Waals surface area contributed by atoms with Crippen molar-refractivity contribution in [2.75, 3.05) is 26.1 Å². The normalized spacial score (nSPS) is 10.6. The summed E-state index contributed by atoms with van der Waals surface area (Å²) in [5.74, 6) is 0.951. The molecule has 6 nitrogen and oxygen atoms in total. The fourth-order valence-corrected chi connectivity index (χ4v) is 3.01. The Balaban J connectivity index is 1.60. The first-order chi connectivity index (χ1) is 12.6. The third-order valence-corrected chi connectivity index (χ3v) is 4.37. The molecule has 2 amide bonds. The molecule has 0 bridgehead atoms. The SMILES string of the molecule is COc1cc(OC)c(NC(=O)NCCc2c[nH]c3ccccc23)cc1Cl. The molecule has 3 N–H and O–H groups in total. The van der Waals surface area contributed by atoms with Gasteiger partial charge in [0.05, 0.1) is 24.9 Å². The highest BCUT2D eigenvalue weighted by molar-refractivity contribution is 6.32. The molecule has 2 aromatic carbocycles. The van der Waals surface area contributed by atoms with Crippen LogP contribution in [0.1, 0.15) is 5.56 Å². The number of aromatic amines is 1. The Kier molecular flexibility index (Phi) is 5.53. The van der Waals surface area contributed by atoms with Gasteiger partial charge in [-0.2, -0.15) is 0 Å². The first kappa shape index (κ1) is 17.9. The Hall–Kier alpha value is -2.86. The number of fused-ring (bicyclic) bond motifs is 1. The summed E-state index contributed by atoms with van der Waals surface area (Å²) in [5.41, 5.74) is 2.72. The van der Waals surface area contributed by atoms with Crippen LogP contribution in [0.3, 0.4) is 0 Å². The van der Waals surface area contributed by atoms with Crippen LogP contribution in [0.25, 0.3) is 10.9 Å². The predicted octanol–water partition coefficient (Wildman–Crippen LogP) is 4.20. The van der Waals surface area contributed by atoms with E-state index in [2.05, 4.69) is 21.7 Å². The lowest BCUT2D eigenvalue weighted by Gasteiger charge is -2.13. The molecule has 136 valence electrons. The molecule has 0 unspecified atom stereocenters. The summed E-state index contributed by atoms with van der Waals surface area (Å²) >= 11 is 6.11. The molecule has 0 aliphatic carbocycles. The average molecular weight is 374 g/mol. The van der Waals surface area contributed by atoms with Crippen LogP contribution in [0.4, 0.5) is 10.5 Å². The van der Waals surface area contributed by atoms with Crippen molar-refractivity contribution in [1.29, 1.82) is 0 Å². The molecule has 3 rings (SSSR count). The molecule has 3 aromatic rings. The minimum atomic E-state index is -0.329. The van der Waals surface area contributed by atoms with Crippen LogP contribution in [0.15, 0.2) is 42.6 Å². The standard InChI is InChI=1S/C19H20ClN3O3/c1-25-17-10-18(26-2)16(9-14(17)20)23-19(24)21-8-7-12-11-22-15-6-4-3-5-13(12)15/h3-6,9-11,22H,7-8H2,1-2H3,(H2,21,23,24). The molecule has 26 heavy (non-hydrogen) atoms. The number of carbonyl (C=O) groups excluding carboxylic acids is 1. The number of anilines is 1. The number of urea groups is 1. The number of aromatic nitrogens is 1. The van der Waals surface area contributed by atoms with Crippen LogP contribution in [-0.2, 0) is 6.42 Å². The Morgan fingerprint density at radius 3 is 2.69 bits per heavy atom. The second-order valence-electron chi connectivity index (χ2n) is 5.68. The zero-order valence-corrected chi connectivity index (χ0v) is 15.3. The Morgan fingerprint density at radius 1 is 1.15 bits per heavy atom. The molecule has 0 saturated heterocycles. The number of ether oxygens (including phenoxy) is 2. The van der Waals surface area contributed by atoms with Gasteiger partial charge in [-0.3, -0.25) is 0 Å². The van der Waals surface area contributed by atoms with Crippen LogP contribution in [0.5, 0.6) is 11.5 Å². The van der Waals surface area contributed by atoms with Crippen molar-refractivity contribution in [2.45, 2.75) is 6.42 Å². The molecule has 0 aliphatic heterocycles. The summed E-state index contributed by atoms with van der Waals surface area (Å²) in [6.07, 6.45) is 2.69. The second-order valence-corrected chi connectivity index (χ2v) is 6.08. The number of amides is 2. The minimum absolute atomic E-state index is 0.329. The van der Waals surface area contributed by atoms with E-state index in [1.807, 2.05) is 24.4 Å². The highest BCUT2D eigenvalue weighted by atomic mass is 35.5. The maximum absolute atomic E-state index is 12.2. The van der Waals surface area contributed by atoms with Crippen LogP contribution in [0, 0.1) is 0 Å². The van der Waals surface area contributed by atoms with E-state index in [4.69, 9.17) is 21.1 Å². The Morgan fingerprint density at radius 2 is 1.92 bits per heavy atom. The first-order valence-electron chi connectivity index (χ1n) is 8.13. The average Bonchev–Trinajstić information content (AvgIpc) is 3.05. The van der Waals surface area contributed by atoms with E-state index in [9.17, 15) is 4.79 Å². The first-order valence-corrected chi connectivity index (χ1v) is 8.51. The molecule has 0 aliphatic rings. The van der Waals surface area contributed by atoms with Gasteiger partial charge >= 0.3 is 6.03 Å². The predicted molar refractivity (Wildman–Crippen MR) is 104 cm³/mol. The highest BCUT2D eigenvalue weighted by Gasteiger charge is 2.12. The van der Waals surface area contributed by atoms with Gasteiger partial charge in [-0.15, -0.1) is 0 Å². The van der Waals surface area contributed by atoms with Gasteiger partial charge in [-0.1, -0.05) is 29.8 Å². The van der Waals surface area contributed by atoms with E-state index in [1.54, 1.807) is 12.1 Å². The van der Waals surface area contributed by atoms with Crippen molar-refractivity contribution in [3.05, 3.63) is 53.2 Å². The molecule has 7 heteroatoms. The topological polar surface area (TPSA) is 75.4 Å². The fourth-order valence-electron chi connectivity index (χ4n) is 2.77. The van der Waals surface area contributed by atoms with Crippen molar-refractivity contribution < 1.29 is 14.3 Å². The monoisotopic (exact) mass is 373 g/mol. The summed E-state index contributed by atoms with van der Waals surface area (Å²) < 4.78 is 10.4. The van der Waals surface area contributed by atoms with E-state index in [0.29, 0.717) is 28.8 Å². The Bertz CT molecular complexity index is 924. The lowest BCUT2D eigenvalue weighted by Crippen LogP contribution is -2.30. The van der Waals surface area contributed by atoms with Gasteiger partial charge in [-0.25, -0.2) is 4.79 Å². The van der Waals surface area contributed by atoms with Crippen LogP contribution < -0.4 is 20.1 Å². The van der Waals surface area contributed by atoms with E-state index >= 15 is 0 Å². The molecular weight excluding hydrogens is 354 g/mol. The van der Waals surface area contributed by atoms with E-state index in [1.165, 1.54) is 19.6 Å². The maximum Gasteiger partial charge on any atom is 0.319 e. The van der Waals surface area contributed by atoms with Crippen LogP contribution in [-0.4, -0.2) is 31.8 Å². The smallest absolute Gasteiger partial charge is 0.319 e. The quantitative estimate of drug-likeness (QED) is 0.606. The molecule has 1 aromatic heterocycles. The van der Waals surface area contributed by atoms with E-state index in [-0.39, 0.29) is 6.03 Å². The van der Waals surface area contributed by atoms with Crippen molar-refractivity contribution in [3.63, 3.8) is 0 Å². The number of halogens is 1. The number of nitrogens with one attached hydrogen (secondary N) is 3. The lowest BCUT2D eigenvalue weighted by atomic mass is 10.1. The number of methoxy groups -OCH3 is 2. The number of hydrogen-bond acceptors (Lipinski definition) is 3. The van der Waals surface area contributed by atoms with Gasteiger partial charge in [0, 0.05) is 29.7 Å². The molecule has 0 saturated carbocycles. The molecule has 0 fully saturated rings. The summed E-state index contributed by atoms with van der Waals surface area (Å²) in [6.45, 7) is 0.500. The van der Waals surface area contributed by atoms with Gasteiger partial charge < -0.3 is 25.1 Å². The third-order valence-electron chi connectivity index (χ3n) is 4.08. The van der Waals surface area contributed by atoms with Crippen molar-refractivity contribution >= 4 is 34.2 Å². The largest absolute Gasteiger partial charge is 0.495 e. The molecular formula is C19H20ClN3O3. The summed E-state index contributed by atoms with van der Waals surface area (Å²) in [5, 5.41) is 7.14. The van der Waals surface area contributed by atoms with Crippen LogP contribution >= 0.6 is 11.6 Å². The van der Waals surface area contributed by atoms with Crippen molar-refractivity contribution in [2.24, 2.45) is 0 Å². The summed E-state index contributed by atoms with van der Waals surface area (Å²) in [4.78, 5) is 15.4. The molecule has 0 radical (unpaired) electrons. The van der Waals surface area contributed by atoms with E-state index < -0.39 is 0 Å². The van der Waals surface area contributed by atoms with Gasteiger partial charge in [0.15, 0.2) is 0 Å². The van der Waals surface area contributed by atoms with Crippen LogP contribution in [0.2, 0.25) is 5.02 Å². The lowest BCUT2D eigenvalue weighted by molar-refractivity contribution is 0.252. The molecule has 1 heterocycles. The van der Waals surface area contributed by atoms with Crippen molar-refractivity contribution in [1.82, 2.24) is 10.3 Å². The minimum Gasteiger partial charge on any atom is -0.495 e. The summed E-state index contributed by atoms with van der Waals surface area (Å²) in [7, 11) is 3.04. The zero-order chi connectivity index (χ0) is 18.5. The van der Waals surface area contributed by atoms with Gasteiger partial charge in [0.2, 0.25) is 0 Å². The number of benzene rings is 2. The van der Waals surface area contributed by atoms with Gasteiger partial charge in [0.25, 0.3) is 0 Å². The van der Waals surface area contributed by atoms with Gasteiger partial charge in [-0.05, 0) is 24.1 Å². The van der Waals surface area contributed by atoms with E-state index in [0.717, 1.165) is 17.5 Å². The molecule has 0 spiro atoms. The third kappa shape index (κ3) is 3.86. The summed E-state index contributed by atoms with van der Waals surface area (Å²) in [6, 6.07) is 11.0. The number of H-pyrrole nitrogens is 1. The van der Waals surface area contributed by atoms with Gasteiger partial charge in [0.1, 0.15) is 11.5 Å². The zero-order valence-electron chi connectivity index (χ0n) is 14.6.